The van der Waals surface area contributed by atoms with Gasteiger partial charge in [-0.3, -0.25) is 9.97 Å². The maximum atomic E-state index is 5.11. The molecule has 18 rings (SSSR count). The van der Waals surface area contributed by atoms with E-state index in [1.54, 1.807) is 0 Å². The molecule has 8 nitrogen and oxygen atoms in total. The number of aryl methyl sites for hydroxylation is 4. The Morgan fingerprint density at radius 1 is 0.134 bits per heavy atom. The molecule has 0 fully saturated rings. The summed E-state index contributed by atoms with van der Waals surface area (Å²) < 4.78 is 0. The molecule has 0 radical (unpaired) electrons. The average Bonchev–Trinajstić information content (AvgIpc) is 0.769. The van der Waals surface area contributed by atoms with E-state index in [9.17, 15) is 0 Å². The summed E-state index contributed by atoms with van der Waals surface area (Å²) in [5.41, 5.74) is 32.5. The second kappa shape index (κ2) is 32.1. The van der Waals surface area contributed by atoms with Crippen molar-refractivity contribution in [3.8, 4) is 180 Å². The average molecular weight is 1440 g/mol. The molecule has 8 heteroatoms. The summed E-state index contributed by atoms with van der Waals surface area (Å²) in [6, 6.07) is 136. The largest absolute Gasteiger partial charge is 0.258 e. The van der Waals surface area contributed by atoms with Gasteiger partial charge in [0.1, 0.15) is 0 Å². The molecule has 0 aliphatic rings. The maximum absolute atomic E-state index is 5.11. The molecule has 0 aliphatic heterocycles. The monoisotopic (exact) mass is 1440 g/mol. The van der Waals surface area contributed by atoms with E-state index >= 15 is 0 Å². The van der Waals surface area contributed by atoms with Crippen LogP contribution in [0.15, 0.2) is 388 Å². The lowest BCUT2D eigenvalue weighted by molar-refractivity contribution is 1.07. The maximum Gasteiger partial charge on any atom is 0.164 e. The van der Waals surface area contributed by atoms with Crippen LogP contribution in [0.1, 0.15) is 22.8 Å². The lowest BCUT2D eigenvalue weighted by Gasteiger charge is -2.19. The number of aromatic nitrogens is 8. The molecular weight excluding hydrogens is 1360 g/mol. The van der Waals surface area contributed by atoms with Gasteiger partial charge in [0.25, 0.3) is 0 Å². The highest BCUT2D eigenvalue weighted by atomic mass is 15.0. The molecule has 14 aromatic carbocycles. The molecule has 4 aromatic heterocycles. The van der Waals surface area contributed by atoms with Crippen molar-refractivity contribution in [3.05, 3.63) is 411 Å². The first kappa shape index (κ1) is 70.4. The highest BCUT2D eigenvalue weighted by Crippen LogP contribution is 2.47. The van der Waals surface area contributed by atoms with Gasteiger partial charge in [0.15, 0.2) is 34.9 Å². The predicted molar refractivity (Wildman–Crippen MR) is 461 cm³/mol. The van der Waals surface area contributed by atoms with Crippen LogP contribution in [-0.2, 0) is 0 Å². The van der Waals surface area contributed by atoms with E-state index < -0.39 is 0 Å². The molecule has 0 N–H and O–H groups in total. The fraction of sp³-hybridized carbons (Fsp3) is 0.0385. The van der Waals surface area contributed by atoms with Gasteiger partial charge in [-0.15, -0.1) is 0 Å². The summed E-state index contributed by atoms with van der Waals surface area (Å²) in [6.07, 6.45) is 0. The zero-order valence-electron chi connectivity index (χ0n) is 62.5. The fourth-order valence-corrected chi connectivity index (χ4v) is 14.8. The lowest BCUT2D eigenvalue weighted by atomic mass is 9.84. The molecule has 0 saturated carbocycles. The van der Waals surface area contributed by atoms with Crippen molar-refractivity contribution in [2.24, 2.45) is 0 Å². The number of hydrogen-bond acceptors (Lipinski definition) is 8. The highest BCUT2D eigenvalue weighted by molar-refractivity contribution is 6.00. The van der Waals surface area contributed by atoms with Crippen LogP contribution >= 0.6 is 0 Å². The molecule has 0 aliphatic carbocycles. The lowest BCUT2D eigenvalue weighted by Crippen LogP contribution is -2.00. The second-order valence-electron chi connectivity index (χ2n) is 27.9. The minimum Gasteiger partial charge on any atom is -0.258 e. The van der Waals surface area contributed by atoms with Crippen LogP contribution in [0, 0.1) is 27.7 Å². The molecule has 0 atom stereocenters. The zero-order valence-corrected chi connectivity index (χ0v) is 62.5. The van der Waals surface area contributed by atoms with Crippen molar-refractivity contribution in [2.75, 3.05) is 0 Å². The van der Waals surface area contributed by atoms with E-state index in [-0.39, 0.29) is 0 Å². The molecule has 112 heavy (non-hydrogen) atoms. The summed E-state index contributed by atoms with van der Waals surface area (Å²) in [6.45, 7) is 8.14. The second-order valence-corrected chi connectivity index (χ2v) is 27.9. The first-order chi connectivity index (χ1) is 55.1. The third-order valence-electron chi connectivity index (χ3n) is 20.4. The number of benzene rings is 14. The normalized spacial score (nSPS) is 11.0. The van der Waals surface area contributed by atoms with Crippen molar-refractivity contribution in [2.45, 2.75) is 27.7 Å². The highest BCUT2D eigenvalue weighted by Gasteiger charge is 2.23. The van der Waals surface area contributed by atoms with Crippen molar-refractivity contribution >= 4 is 0 Å². The summed E-state index contributed by atoms with van der Waals surface area (Å²) in [5.74, 6) is 3.73. The van der Waals surface area contributed by atoms with Gasteiger partial charge in [0.2, 0.25) is 0 Å². The van der Waals surface area contributed by atoms with Crippen molar-refractivity contribution in [3.63, 3.8) is 0 Å². The first-order valence-electron chi connectivity index (χ1n) is 37.8. The Bertz CT molecular complexity index is 6210. The minimum absolute atomic E-state index is 0.616. The van der Waals surface area contributed by atoms with Gasteiger partial charge >= 0.3 is 0 Å². The summed E-state index contributed by atoms with van der Waals surface area (Å²) in [5, 5.41) is 0. The molecule has 0 bridgehead atoms. The Kier molecular flexibility index (Phi) is 20.2. The number of hydrogen-bond donors (Lipinski definition) is 0. The molecule has 4 heterocycles. The molecule has 0 unspecified atom stereocenters. The first-order valence-corrected chi connectivity index (χ1v) is 37.8. The van der Waals surface area contributed by atoms with Crippen molar-refractivity contribution < 1.29 is 0 Å². The van der Waals surface area contributed by atoms with Gasteiger partial charge in [0, 0.05) is 67.3 Å². The summed E-state index contributed by atoms with van der Waals surface area (Å²) >= 11 is 0. The van der Waals surface area contributed by atoms with Crippen LogP contribution in [0.3, 0.4) is 0 Å². The van der Waals surface area contributed by atoms with Gasteiger partial charge in [-0.1, -0.05) is 346 Å². The van der Waals surface area contributed by atoms with E-state index in [4.69, 9.17) is 34.9 Å². The molecule has 0 spiro atoms. The van der Waals surface area contributed by atoms with Crippen LogP contribution in [0.25, 0.3) is 180 Å². The van der Waals surface area contributed by atoms with Crippen LogP contribution < -0.4 is 0 Å². The molecule has 18 aromatic rings. The van der Waals surface area contributed by atoms with Crippen LogP contribution in [0.5, 0.6) is 0 Å². The van der Waals surface area contributed by atoms with E-state index in [1.165, 1.54) is 55.6 Å². The zero-order chi connectivity index (χ0) is 75.7. The summed E-state index contributed by atoms with van der Waals surface area (Å²) in [4.78, 5) is 39.7. The van der Waals surface area contributed by atoms with E-state index in [1.807, 2.05) is 74.5 Å². The quantitative estimate of drug-likeness (QED) is 0.0943. The molecule has 0 amide bonds. The molecule has 532 valence electrons. The van der Waals surface area contributed by atoms with Gasteiger partial charge < -0.3 is 0 Å². The van der Waals surface area contributed by atoms with Gasteiger partial charge in [-0.2, -0.15) is 0 Å². The Hall–Kier alpha value is -14.6. The van der Waals surface area contributed by atoms with Gasteiger partial charge in [0.05, 0.1) is 0 Å². The fourth-order valence-electron chi connectivity index (χ4n) is 14.8. The Balaban J connectivity index is 0.000000163. The van der Waals surface area contributed by atoms with Crippen molar-refractivity contribution in [1.29, 1.82) is 0 Å². The van der Waals surface area contributed by atoms with Gasteiger partial charge in [-0.25, -0.2) is 29.9 Å². The Morgan fingerprint density at radius 3 is 0.643 bits per heavy atom. The third-order valence-corrected chi connectivity index (χ3v) is 20.4. The number of nitrogens with zero attached hydrogens (tertiary/aromatic N) is 8. The predicted octanol–water partition coefficient (Wildman–Crippen LogP) is 26.4. The Morgan fingerprint density at radius 2 is 0.348 bits per heavy atom. The van der Waals surface area contributed by atoms with Crippen LogP contribution in [0.2, 0.25) is 0 Å². The standard InChI is InChI=1S/2C52H38N4/c1-35-26-31-46(36(2)53-35)43-24-15-25-44(32-43)52-55-50(41-22-13-6-14-23-41)54-51(56-52)42-29-27-40(28-30-42)49-47(38-18-9-4-10-19-38)33-45(37-16-7-3-8-17-37)34-48(49)39-20-11-5-12-21-39;1-35-23-32-46(36(2)53-35)40-24-28-43(29-25-40)51-54-50(42-21-13-6-14-22-42)55-52(56-51)44-30-26-41(27-31-44)49-47(38-17-9-4-10-18-38)33-45(37-15-7-3-8-16-37)34-48(49)39-19-11-5-12-20-39/h2*3-34H,1-2H3. The summed E-state index contributed by atoms with van der Waals surface area (Å²) in [7, 11) is 0. The smallest absolute Gasteiger partial charge is 0.164 e. The number of pyridine rings is 2. The third kappa shape index (κ3) is 15.3. The van der Waals surface area contributed by atoms with Crippen LogP contribution in [-0.4, -0.2) is 39.9 Å². The van der Waals surface area contributed by atoms with E-state index in [0.717, 1.165) is 112 Å². The SMILES string of the molecule is Cc1ccc(-c2ccc(-c3nc(-c4ccccc4)nc(-c4ccc(-c5c(-c6ccccc6)cc(-c6ccccc6)cc5-c5ccccc5)cc4)n3)cc2)c(C)n1.Cc1ccc(-c2cccc(-c3nc(-c4ccccc4)nc(-c4ccc(-c5c(-c6ccccc6)cc(-c6ccccc6)cc5-c5ccccc5)cc4)n3)c2)c(C)n1. The Labute approximate surface area is 654 Å². The van der Waals surface area contributed by atoms with Crippen molar-refractivity contribution in [1.82, 2.24) is 39.9 Å². The molecular formula is C104H76N8. The minimum atomic E-state index is 0.616. The van der Waals surface area contributed by atoms with E-state index in [2.05, 4.69) is 346 Å². The number of rotatable bonds is 16. The molecule has 0 saturated heterocycles. The van der Waals surface area contributed by atoms with Gasteiger partial charge in [-0.05, 0) is 170 Å². The van der Waals surface area contributed by atoms with E-state index in [0.29, 0.717) is 34.9 Å². The topological polar surface area (TPSA) is 103 Å². The van der Waals surface area contributed by atoms with Crippen LogP contribution in [0.4, 0.5) is 0 Å².